The Morgan fingerprint density at radius 2 is 1.50 bits per heavy atom. The quantitative estimate of drug-likeness (QED) is 0.705. The number of H-pyrrole nitrogens is 2. The smallest absolute Gasteiger partial charge is 0.260 e. The van der Waals surface area contributed by atoms with Crippen LogP contribution in [0.4, 0.5) is 0 Å². The topological polar surface area (TPSA) is 82.8 Å². The van der Waals surface area contributed by atoms with Crippen LogP contribution in [0.15, 0.2) is 64.3 Å². The van der Waals surface area contributed by atoms with Crippen LogP contribution in [-0.2, 0) is 9.84 Å². The van der Waals surface area contributed by atoms with Crippen molar-refractivity contribution in [1.29, 1.82) is 0 Å². The first-order chi connectivity index (χ1) is 11.4. The van der Waals surface area contributed by atoms with Crippen LogP contribution in [0.3, 0.4) is 0 Å². The summed E-state index contributed by atoms with van der Waals surface area (Å²) in [5, 5.41) is 0. The minimum atomic E-state index is -3.28. The lowest BCUT2D eigenvalue weighted by atomic mass is 10.0. The Morgan fingerprint density at radius 3 is 2.08 bits per heavy atom. The van der Waals surface area contributed by atoms with E-state index < -0.39 is 9.84 Å². The predicted molar refractivity (Wildman–Crippen MR) is 96.2 cm³/mol. The summed E-state index contributed by atoms with van der Waals surface area (Å²) in [5.41, 5.74) is 2.13. The Balaban J connectivity index is 2.25. The highest BCUT2D eigenvalue weighted by Crippen LogP contribution is 2.27. The molecule has 1 aromatic heterocycles. The molecule has 24 heavy (non-hydrogen) atoms. The van der Waals surface area contributed by atoms with Crippen LogP contribution in [0, 0.1) is 4.77 Å². The summed E-state index contributed by atoms with van der Waals surface area (Å²) in [6.07, 6.45) is 1.15. The highest BCUT2D eigenvalue weighted by atomic mass is 32.2. The Labute approximate surface area is 143 Å². The SMILES string of the molecule is CS(=O)(=O)c1ccc(-c2[nH]c(=S)[nH]c(=O)c2-c2ccccc2)cc1. The summed E-state index contributed by atoms with van der Waals surface area (Å²) in [7, 11) is -3.28. The molecule has 0 saturated heterocycles. The van der Waals surface area contributed by atoms with Crippen molar-refractivity contribution in [2.24, 2.45) is 0 Å². The van der Waals surface area contributed by atoms with Crippen molar-refractivity contribution in [2.45, 2.75) is 4.90 Å². The van der Waals surface area contributed by atoms with E-state index in [0.29, 0.717) is 16.8 Å². The Kier molecular flexibility index (Phi) is 4.21. The zero-order valence-electron chi connectivity index (χ0n) is 12.7. The van der Waals surface area contributed by atoms with Crippen LogP contribution < -0.4 is 5.56 Å². The van der Waals surface area contributed by atoms with Crippen molar-refractivity contribution in [1.82, 2.24) is 9.97 Å². The van der Waals surface area contributed by atoms with Gasteiger partial charge < -0.3 is 4.98 Å². The molecule has 0 aliphatic carbocycles. The van der Waals surface area contributed by atoms with Crippen molar-refractivity contribution in [2.75, 3.05) is 6.26 Å². The number of hydrogen-bond acceptors (Lipinski definition) is 4. The van der Waals surface area contributed by atoms with E-state index >= 15 is 0 Å². The molecule has 2 N–H and O–H groups in total. The van der Waals surface area contributed by atoms with Gasteiger partial charge in [-0.15, -0.1) is 0 Å². The molecule has 2 aromatic carbocycles. The summed E-state index contributed by atoms with van der Waals surface area (Å²) < 4.78 is 23.4. The minimum absolute atomic E-state index is 0.210. The highest BCUT2D eigenvalue weighted by Gasteiger charge is 2.14. The number of sulfone groups is 1. The molecule has 0 radical (unpaired) electrons. The first-order valence-corrected chi connectivity index (χ1v) is 9.39. The predicted octanol–water partition coefficient (Wildman–Crippen LogP) is 3.17. The first kappa shape index (κ1) is 16.4. The van der Waals surface area contributed by atoms with Gasteiger partial charge in [0.2, 0.25) is 0 Å². The second-order valence-corrected chi connectivity index (χ2v) is 7.74. The second kappa shape index (κ2) is 6.18. The Hall–Kier alpha value is -2.51. The van der Waals surface area contributed by atoms with Crippen LogP contribution >= 0.6 is 12.2 Å². The summed E-state index contributed by atoms with van der Waals surface area (Å²) >= 11 is 5.07. The molecule has 0 fully saturated rings. The van der Waals surface area contributed by atoms with Gasteiger partial charge in [-0.05, 0) is 35.5 Å². The maximum atomic E-state index is 12.4. The lowest BCUT2D eigenvalue weighted by Gasteiger charge is -2.10. The number of rotatable bonds is 3. The number of hydrogen-bond donors (Lipinski definition) is 2. The van der Waals surface area contributed by atoms with Crippen LogP contribution in [0.5, 0.6) is 0 Å². The molecular formula is C17H14N2O3S2. The molecule has 5 nitrogen and oxygen atoms in total. The van der Waals surface area contributed by atoms with E-state index in [-0.39, 0.29) is 15.2 Å². The van der Waals surface area contributed by atoms with Crippen LogP contribution in [0.25, 0.3) is 22.4 Å². The fraction of sp³-hybridized carbons (Fsp3) is 0.0588. The van der Waals surface area contributed by atoms with E-state index in [1.54, 1.807) is 12.1 Å². The maximum Gasteiger partial charge on any atom is 0.260 e. The molecule has 1 heterocycles. The molecule has 0 aliphatic rings. The molecule has 0 atom stereocenters. The van der Waals surface area contributed by atoms with Gasteiger partial charge in [-0.3, -0.25) is 9.78 Å². The summed E-state index contributed by atoms with van der Waals surface area (Å²) in [6, 6.07) is 15.5. The molecule has 3 aromatic rings. The standard InChI is InChI=1S/C17H14N2O3S2/c1-24(21,22)13-9-7-12(8-10-13)15-14(11-5-3-2-4-6-11)16(20)19-17(23)18-15/h2-10H,1H3,(H2,18,19,20,23). The summed E-state index contributed by atoms with van der Waals surface area (Å²) in [6.45, 7) is 0. The molecule has 0 saturated carbocycles. The normalized spacial score (nSPS) is 11.4. The monoisotopic (exact) mass is 358 g/mol. The molecule has 122 valence electrons. The largest absolute Gasteiger partial charge is 0.331 e. The number of aromatic amines is 2. The van der Waals surface area contributed by atoms with E-state index in [9.17, 15) is 13.2 Å². The van der Waals surface area contributed by atoms with Crippen molar-refractivity contribution in [3.8, 4) is 22.4 Å². The van der Waals surface area contributed by atoms with Gasteiger partial charge in [-0.2, -0.15) is 0 Å². The zero-order chi connectivity index (χ0) is 17.3. The average Bonchev–Trinajstić information content (AvgIpc) is 2.54. The van der Waals surface area contributed by atoms with Gasteiger partial charge in [0.25, 0.3) is 5.56 Å². The van der Waals surface area contributed by atoms with Gasteiger partial charge >= 0.3 is 0 Å². The Morgan fingerprint density at radius 1 is 0.875 bits per heavy atom. The van der Waals surface area contributed by atoms with Gasteiger partial charge in [0.15, 0.2) is 14.6 Å². The van der Waals surface area contributed by atoms with Gasteiger partial charge in [-0.25, -0.2) is 8.42 Å². The third kappa shape index (κ3) is 3.22. The van der Waals surface area contributed by atoms with E-state index in [0.717, 1.165) is 11.8 Å². The van der Waals surface area contributed by atoms with Crippen molar-refractivity contribution < 1.29 is 8.42 Å². The van der Waals surface area contributed by atoms with E-state index in [4.69, 9.17) is 12.2 Å². The molecule has 0 spiro atoms. The number of aromatic nitrogens is 2. The van der Waals surface area contributed by atoms with E-state index in [2.05, 4.69) is 9.97 Å². The molecule has 0 amide bonds. The highest BCUT2D eigenvalue weighted by molar-refractivity contribution is 7.90. The summed E-state index contributed by atoms with van der Waals surface area (Å²) in [5.74, 6) is 0. The first-order valence-electron chi connectivity index (χ1n) is 7.09. The molecule has 0 aliphatic heterocycles. The number of nitrogens with one attached hydrogen (secondary N) is 2. The average molecular weight is 358 g/mol. The van der Waals surface area contributed by atoms with E-state index in [1.807, 2.05) is 30.3 Å². The minimum Gasteiger partial charge on any atom is -0.331 e. The van der Waals surface area contributed by atoms with Crippen molar-refractivity contribution in [3.63, 3.8) is 0 Å². The lowest BCUT2D eigenvalue weighted by molar-refractivity contribution is 0.602. The molecule has 7 heteroatoms. The van der Waals surface area contributed by atoms with Gasteiger partial charge in [0.1, 0.15) is 0 Å². The summed E-state index contributed by atoms with van der Waals surface area (Å²) in [4.78, 5) is 18.2. The fourth-order valence-electron chi connectivity index (χ4n) is 2.45. The molecule has 0 unspecified atom stereocenters. The third-order valence-corrected chi connectivity index (χ3v) is 4.91. The van der Waals surface area contributed by atoms with Gasteiger partial charge in [0, 0.05) is 6.26 Å². The number of benzene rings is 2. The maximum absolute atomic E-state index is 12.4. The third-order valence-electron chi connectivity index (χ3n) is 3.58. The van der Waals surface area contributed by atoms with Gasteiger partial charge in [0.05, 0.1) is 16.2 Å². The van der Waals surface area contributed by atoms with E-state index in [1.165, 1.54) is 12.1 Å². The lowest BCUT2D eigenvalue weighted by Crippen LogP contribution is -2.12. The van der Waals surface area contributed by atoms with Crippen LogP contribution in [-0.4, -0.2) is 24.6 Å². The Bertz CT molecular complexity index is 1100. The molecule has 3 rings (SSSR count). The van der Waals surface area contributed by atoms with Crippen LogP contribution in [0.1, 0.15) is 0 Å². The second-order valence-electron chi connectivity index (χ2n) is 5.32. The van der Waals surface area contributed by atoms with Gasteiger partial charge in [-0.1, -0.05) is 42.5 Å². The zero-order valence-corrected chi connectivity index (χ0v) is 14.4. The fourth-order valence-corrected chi connectivity index (χ4v) is 3.28. The van der Waals surface area contributed by atoms with Crippen molar-refractivity contribution >= 4 is 22.1 Å². The molecular weight excluding hydrogens is 344 g/mol. The molecule has 0 bridgehead atoms. The van der Waals surface area contributed by atoms with Crippen molar-refractivity contribution in [3.05, 3.63) is 69.7 Å². The van der Waals surface area contributed by atoms with Crippen LogP contribution in [0.2, 0.25) is 0 Å².